The molecule has 1 unspecified atom stereocenters. The van der Waals surface area contributed by atoms with Crippen LogP contribution in [0.15, 0.2) is 12.2 Å². The Bertz CT molecular complexity index is 134. The van der Waals surface area contributed by atoms with E-state index in [1.165, 1.54) is 25.7 Å². The highest BCUT2D eigenvalue weighted by Crippen LogP contribution is 2.13. The van der Waals surface area contributed by atoms with Crippen molar-refractivity contribution in [1.29, 1.82) is 0 Å². The Morgan fingerprint density at radius 3 is 3.08 bits per heavy atom. The molecule has 1 aliphatic rings. The zero-order valence-electron chi connectivity index (χ0n) is 7.67. The molecule has 1 rings (SSSR count). The van der Waals surface area contributed by atoms with Crippen LogP contribution in [0.5, 0.6) is 0 Å². The molecular formula is C10H19NO. The Balaban J connectivity index is 2.23. The largest absolute Gasteiger partial charge is 0.373 e. The van der Waals surface area contributed by atoms with Crippen LogP contribution >= 0.6 is 0 Å². The Morgan fingerprint density at radius 2 is 2.25 bits per heavy atom. The summed E-state index contributed by atoms with van der Waals surface area (Å²) in [5.41, 5.74) is 5.37. The number of nitrogens with two attached hydrogens (primary N) is 1. The third-order valence-electron chi connectivity index (χ3n) is 2.16. The second-order valence-corrected chi connectivity index (χ2v) is 3.26. The molecule has 0 heterocycles. The lowest BCUT2D eigenvalue weighted by Crippen LogP contribution is -2.17. The molecule has 2 heteroatoms. The van der Waals surface area contributed by atoms with E-state index in [0.717, 1.165) is 6.42 Å². The van der Waals surface area contributed by atoms with Crippen molar-refractivity contribution in [2.75, 3.05) is 13.2 Å². The van der Waals surface area contributed by atoms with Crippen molar-refractivity contribution < 1.29 is 4.74 Å². The molecule has 0 aliphatic heterocycles. The maximum atomic E-state index is 5.56. The monoisotopic (exact) mass is 169 g/mol. The van der Waals surface area contributed by atoms with Gasteiger partial charge in [-0.15, -0.1) is 0 Å². The average Bonchev–Trinajstić information content (AvgIpc) is 2.02. The molecule has 0 fully saturated rings. The number of hydrogen-bond donors (Lipinski definition) is 1. The van der Waals surface area contributed by atoms with Gasteiger partial charge in [-0.1, -0.05) is 25.0 Å². The van der Waals surface area contributed by atoms with Crippen molar-refractivity contribution in [2.24, 2.45) is 5.73 Å². The van der Waals surface area contributed by atoms with Crippen LogP contribution in [0.3, 0.4) is 0 Å². The van der Waals surface area contributed by atoms with E-state index in [-0.39, 0.29) is 0 Å². The van der Waals surface area contributed by atoms with E-state index < -0.39 is 0 Å². The molecule has 0 bridgehead atoms. The van der Waals surface area contributed by atoms with E-state index in [1.54, 1.807) is 0 Å². The average molecular weight is 169 g/mol. The van der Waals surface area contributed by atoms with E-state index in [0.29, 0.717) is 19.3 Å². The van der Waals surface area contributed by atoms with Crippen LogP contribution in [0.2, 0.25) is 0 Å². The summed E-state index contributed by atoms with van der Waals surface area (Å²) in [6, 6.07) is 0. The first-order valence-electron chi connectivity index (χ1n) is 4.92. The molecule has 0 radical (unpaired) electrons. The van der Waals surface area contributed by atoms with Crippen LogP contribution in [0.4, 0.5) is 0 Å². The highest BCUT2D eigenvalue weighted by Gasteiger charge is 2.05. The molecule has 1 atom stereocenters. The van der Waals surface area contributed by atoms with Crippen LogP contribution < -0.4 is 5.73 Å². The maximum absolute atomic E-state index is 5.56. The molecule has 2 N–H and O–H groups in total. The first kappa shape index (κ1) is 9.75. The number of allylic oxidation sites excluding steroid dienone is 1. The minimum Gasteiger partial charge on any atom is -0.373 e. The van der Waals surface area contributed by atoms with Gasteiger partial charge in [-0.3, -0.25) is 0 Å². The smallest absolute Gasteiger partial charge is 0.0756 e. The predicted molar refractivity (Wildman–Crippen MR) is 51.0 cm³/mol. The van der Waals surface area contributed by atoms with E-state index in [1.807, 2.05) is 0 Å². The van der Waals surface area contributed by atoms with Crippen molar-refractivity contribution in [3.05, 3.63) is 12.2 Å². The quantitative estimate of drug-likeness (QED) is 0.654. The van der Waals surface area contributed by atoms with Crippen molar-refractivity contribution in [2.45, 2.75) is 38.2 Å². The molecule has 0 saturated carbocycles. The van der Waals surface area contributed by atoms with Gasteiger partial charge in [-0.25, -0.2) is 0 Å². The molecule has 0 aromatic rings. The lowest BCUT2D eigenvalue weighted by Gasteiger charge is -2.15. The number of rotatable bonds is 3. The van der Waals surface area contributed by atoms with Crippen molar-refractivity contribution in [3.63, 3.8) is 0 Å². The molecular weight excluding hydrogens is 150 g/mol. The highest BCUT2D eigenvalue weighted by atomic mass is 16.5. The van der Waals surface area contributed by atoms with Crippen LogP contribution in [0.1, 0.15) is 32.1 Å². The van der Waals surface area contributed by atoms with Crippen LogP contribution in [-0.2, 0) is 4.74 Å². The predicted octanol–water partition coefficient (Wildman–Crippen LogP) is 1.85. The zero-order chi connectivity index (χ0) is 8.65. The van der Waals surface area contributed by atoms with Gasteiger partial charge < -0.3 is 10.5 Å². The number of hydrogen-bond acceptors (Lipinski definition) is 2. The lowest BCUT2D eigenvalue weighted by atomic mass is 10.0. The van der Waals surface area contributed by atoms with Crippen LogP contribution in [0.25, 0.3) is 0 Å². The lowest BCUT2D eigenvalue weighted by molar-refractivity contribution is 0.0827. The Morgan fingerprint density at radius 1 is 1.33 bits per heavy atom. The Hall–Kier alpha value is -0.340. The fourth-order valence-electron chi connectivity index (χ4n) is 1.49. The summed E-state index contributed by atoms with van der Waals surface area (Å²) >= 11 is 0. The molecule has 0 aromatic heterocycles. The van der Waals surface area contributed by atoms with Crippen molar-refractivity contribution in [1.82, 2.24) is 0 Å². The zero-order valence-corrected chi connectivity index (χ0v) is 7.67. The van der Waals surface area contributed by atoms with E-state index in [2.05, 4.69) is 12.2 Å². The molecule has 0 aromatic carbocycles. The first-order valence-corrected chi connectivity index (χ1v) is 4.92. The summed E-state index contributed by atoms with van der Waals surface area (Å²) in [4.78, 5) is 0. The molecule has 0 saturated heterocycles. The van der Waals surface area contributed by atoms with Gasteiger partial charge in [0.25, 0.3) is 0 Å². The molecule has 12 heavy (non-hydrogen) atoms. The second kappa shape index (κ2) is 6.21. The SMILES string of the molecule is NCCOC1C=CCCCCC1. The fourth-order valence-corrected chi connectivity index (χ4v) is 1.49. The van der Waals surface area contributed by atoms with Crippen molar-refractivity contribution >= 4 is 0 Å². The fraction of sp³-hybridized carbons (Fsp3) is 0.800. The minimum absolute atomic E-state index is 0.328. The van der Waals surface area contributed by atoms with E-state index in [4.69, 9.17) is 10.5 Å². The third kappa shape index (κ3) is 3.88. The van der Waals surface area contributed by atoms with Crippen LogP contribution in [-0.4, -0.2) is 19.3 Å². The Kier molecular flexibility index (Phi) is 5.04. The molecule has 0 spiro atoms. The van der Waals surface area contributed by atoms with Gasteiger partial charge in [0.2, 0.25) is 0 Å². The van der Waals surface area contributed by atoms with Gasteiger partial charge in [0.05, 0.1) is 12.7 Å². The van der Waals surface area contributed by atoms with Crippen LogP contribution in [0, 0.1) is 0 Å². The third-order valence-corrected chi connectivity index (χ3v) is 2.16. The van der Waals surface area contributed by atoms with Gasteiger partial charge in [-0.2, -0.15) is 0 Å². The second-order valence-electron chi connectivity index (χ2n) is 3.26. The van der Waals surface area contributed by atoms with Gasteiger partial charge in [0.1, 0.15) is 0 Å². The molecule has 70 valence electrons. The molecule has 0 amide bonds. The number of ether oxygens (including phenoxy) is 1. The van der Waals surface area contributed by atoms with Gasteiger partial charge in [-0.05, 0) is 19.3 Å². The summed E-state index contributed by atoms with van der Waals surface area (Å²) in [6.07, 6.45) is 11.1. The van der Waals surface area contributed by atoms with E-state index >= 15 is 0 Å². The standard InChI is InChI=1S/C10H19NO/c11-8-9-12-10-6-4-2-1-3-5-7-10/h4,6,10H,1-3,5,7-9,11H2. The highest BCUT2D eigenvalue weighted by molar-refractivity contribution is 4.91. The summed E-state index contributed by atoms with van der Waals surface area (Å²) < 4.78 is 5.56. The molecule has 1 aliphatic carbocycles. The topological polar surface area (TPSA) is 35.2 Å². The van der Waals surface area contributed by atoms with Gasteiger partial charge in [0, 0.05) is 6.54 Å². The summed E-state index contributed by atoms with van der Waals surface area (Å²) in [5.74, 6) is 0. The Labute approximate surface area is 74.8 Å². The summed E-state index contributed by atoms with van der Waals surface area (Å²) in [6.45, 7) is 1.32. The van der Waals surface area contributed by atoms with Gasteiger partial charge >= 0.3 is 0 Å². The van der Waals surface area contributed by atoms with E-state index in [9.17, 15) is 0 Å². The van der Waals surface area contributed by atoms with Crippen molar-refractivity contribution in [3.8, 4) is 0 Å². The first-order chi connectivity index (χ1) is 5.93. The summed E-state index contributed by atoms with van der Waals surface area (Å²) in [5, 5.41) is 0. The van der Waals surface area contributed by atoms with Gasteiger partial charge in [0.15, 0.2) is 0 Å². The minimum atomic E-state index is 0.328. The molecule has 2 nitrogen and oxygen atoms in total. The maximum Gasteiger partial charge on any atom is 0.0756 e. The normalized spacial score (nSPS) is 24.9. The summed E-state index contributed by atoms with van der Waals surface area (Å²) in [7, 11) is 0.